The van der Waals surface area contributed by atoms with Crippen molar-refractivity contribution in [2.45, 2.75) is 25.9 Å². The van der Waals surface area contributed by atoms with Crippen LogP contribution in [0.2, 0.25) is 0 Å². The number of ether oxygens (including phenoxy) is 2. The number of aromatic nitrogens is 2. The normalized spacial score (nSPS) is 12.2. The lowest BCUT2D eigenvalue weighted by Gasteiger charge is -2.18. The molecule has 0 bridgehead atoms. The lowest BCUT2D eigenvalue weighted by molar-refractivity contribution is 0.392. The molecule has 0 spiro atoms. The average Bonchev–Trinajstić information content (AvgIpc) is 2.93. The standard InChI is InChI=1S/C15H21N3O2/c1-4-15-17-7-8-18(15)10-13(16)12-9-11(19-2)5-6-14(12)20-3/h5-9,13H,4,10,16H2,1-3H3. The Kier molecular flexibility index (Phi) is 4.63. The second-order valence-corrected chi connectivity index (χ2v) is 4.56. The summed E-state index contributed by atoms with van der Waals surface area (Å²) in [7, 11) is 3.29. The summed E-state index contributed by atoms with van der Waals surface area (Å²) >= 11 is 0. The Labute approximate surface area is 119 Å². The van der Waals surface area contributed by atoms with Crippen LogP contribution in [0.4, 0.5) is 0 Å². The predicted octanol–water partition coefficient (Wildman–Crippen LogP) is 2.16. The van der Waals surface area contributed by atoms with E-state index in [1.807, 2.05) is 24.4 Å². The molecule has 1 aromatic carbocycles. The molecule has 5 nitrogen and oxygen atoms in total. The predicted molar refractivity (Wildman–Crippen MR) is 78.1 cm³/mol. The van der Waals surface area contributed by atoms with E-state index in [-0.39, 0.29) is 6.04 Å². The smallest absolute Gasteiger partial charge is 0.123 e. The maximum absolute atomic E-state index is 6.33. The molecule has 1 unspecified atom stereocenters. The zero-order chi connectivity index (χ0) is 14.5. The molecule has 5 heteroatoms. The van der Waals surface area contributed by atoms with E-state index in [0.29, 0.717) is 6.54 Å². The summed E-state index contributed by atoms with van der Waals surface area (Å²) in [5, 5.41) is 0. The number of methoxy groups -OCH3 is 2. The van der Waals surface area contributed by atoms with Crippen LogP contribution in [0.25, 0.3) is 0 Å². The van der Waals surface area contributed by atoms with Gasteiger partial charge in [0.15, 0.2) is 0 Å². The largest absolute Gasteiger partial charge is 0.497 e. The van der Waals surface area contributed by atoms with Gasteiger partial charge in [0, 0.05) is 30.9 Å². The first-order valence-corrected chi connectivity index (χ1v) is 6.67. The number of benzene rings is 1. The van der Waals surface area contributed by atoms with Gasteiger partial charge in [-0.2, -0.15) is 0 Å². The van der Waals surface area contributed by atoms with Crippen molar-refractivity contribution in [2.24, 2.45) is 5.73 Å². The van der Waals surface area contributed by atoms with Gasteiger partial charge in [0.25, 0.3) is 0 Å². The summed E-state index contributed by atoms with van der Waals surface area (Å²) in [5.74, 6) is 2.58. The first-order valence-electron chi connectivity index (χ1n) is 6.67. The van der Waals surface area contributed by atoms with Gasteiger partial charge in [-0.1, -0.05) is 6.92 Å². The van der Waals surface area contributed by atoms with Crippen molar-refractivity contribution < 1.29 is 9.47 Å². The van der Waals surface area contributed by atoms with Gasteiger partial charge in [-0.15, -0.1) is 0 Å². The monoisotopic (exact) mass is 275 g/mol. The second-order valence-electron chi connectivity index (χ2n) is 4.56. The lowest BCUT2D eigenvalue weighted by atomic mass is 10.1. The molecule has 0 saturated carbocycles. The Hall–Kier alpha value is -2.01. The van der Waals surface area contributed by atoms with Gasteiger partial charge in [-0.25, -0.2) is 4.98 Å². The fraction of sp³-hybridized carbons (Fsp3) is 0.400. The van der Waals surface area contributed by atoms with Gasteiger partial charge in [0.1, 0.15) is 17.3 Å². The number of rotatable bonds is 6. The van der Waals surface area contributed by atoms with Crippen molar-refractivity contribution in [3.63, 3.8) is 0 Å². The first kappa shape index (κ1) is 14.4. The van der Waals surface area contributed by atoms with Crippen molar-refractivity contribution in [1.82, 2.24) is 9.55 Å². The maximum atomic E-state index is 6.33. The number of hydrogen-bond acceptors (Lipinski definition) is 4. The van der Waals surface area contributed by atoms with Crippen LogP contribution < -0.4 is 15.2 Å². The first-order chi connectivity index (χ1) is 9.69. The van der Waals surface area contributed by atoms with Crippen LogP contribution in [-0.2, 0) is 13.0 Å². The third kappa shape index (κ3) is 2.93. The summed E-state index contributed by atoms with van der Waals surface area (Å²) in [6.07, 6.45) is 4.63. The van der Waals surface area contributed by atoms with Gasteiger partial charge in [0.2, 0.25) is 0 Å². The van der Waals surface area contributed by atoms with E-state index in [2.05, 4.69) is 16.5 Å². The number of aryl methyl sites for hydroxylation is 1. The van der Waals surface area contributed by atoms with Gasteiger partial charge in [-0.05, 0) is 18.2 Å². The van der Waals surface area contributed by atoms with Crippen molar-refractivity contribution >= 4 is 0 Å². The lowest BCUT2D eigenvalue weighted by Crippen LogP contribution is -2.19. The Morgan fingerprint density at radius 2 is 2.10 bits per heavy atom. The molecule has 20 heavy (non-hydrogen) atoms. The SMILES string of the molecule is CCc1nccn1CC(N)c1cc(OC)ccc1OC. The zero-order valence-corrected chi connectivity index (χ0v) is 12.2. The minimum Gasteiger partial charge on any atom is -0.497 e. The molecule has 0 amide bonds. The third-order valence-corrected chi connectivity index (χ3v) is 3.35. The Balaban J connectivity index is 2.26. The van der Waals surface area contributed by atoms with E-state index in [0.717, 1.165) is 29.3 Å². The van der Waals surface area contributed by atoms with Crippen molar-refractivity contribution in [3.8, 4) is 11.5 Å². The van der Waals surface area contributed by atoms with Gasteiger partial charge in [-0.3, -0.25) is 0 Å². The molecule has 0 aliphatic carbocycles. The molecule has 2 rings (SSSR count). The summed E-state index contributed by atoms with van der Waals surface area (Å²) in [6, 6.07) is 5.48. The Morgan fingerprint density at radius 1 is 1.30 bits per heavy atom. The summed E-state index contributed by atoms with van der Waals surface area (Å²) in [5.41, 5.74) is 7.26. The van der Waals surface area contributed by atoms with Crippen LogP contribution in [0.5, 0.6) is 11.5 Å². The highest BCUT2D eigenvalue weighted by Crippen LogP contribution is 2.29. The van der Waals surface area contributed by atoms with Crippen molar-refractivity contribution in [1.29, 1.82) is 0 Å². The van der Waals surface area contributed by atoms with Gasteiger partial charge < -0.3 is 19.8 Å². The number of nitrogens with two attached hydrogens (primary N) is 1. The molecule has 1 heterocycles. The van der Waals surface area contributed by atoms with Crippen LogP contribution in [0.3, 0.4) is 0 Å². The van der Waals surface area contributed by atoms with Crippen molar-refractivity contribution in [3.05, 3.63) is 42.0 Å². The number of hydrogen-bond donors (Lipinski definition) is 1. The molecule has 2 aromatic rings. The van der Waals surface area contributed by atoms with E-state index < -0.39 is 0 Å². The van der Waals surface area contributed by atoms with E-state index in [4.69, 9.17) is 15.2 Å². The quantitative estimate of drug-likeness (QED) is 0.877. The molecular weight excluding hydrogens is 254 g/mol. The molecular formula is C15H21N3O2. The summed E-state index contributed by atoms with van der Waals surface area (Å²) in [4.78, 5) is 4.31. The Bertz CT molecular complexity index is 566. The zero-order valence-electron chi connectivity index (χ0n) is 12.2. The maximum Gasteiger partial charge on any atom is 0.123 e. The highest BCUT2D eigenvalue weighted by atomic mass is 16.5. The van der Waals surface area contributed by atoms with Gasteiger partial charge in [0.05, 0.1) is 20.3 Å². The van der Waals surface area contributed by atoms with Crippen molar-refractivity contribution in [2.75, 3.05) is 14.2 Å². The van der Waals surface area contributed by atoms with E-state index in [1.54, 1.807) is 20.4 Å². The van der Waals surface area contributed by atoms with Crippen LogP contribution in [0.1, 0.15) is 24.4 Å². The molecule has 0 saturated heterocycles. The van der Waals surface area contributed by atoms with Crippen LogP contribution >= 0.6 is 0 Å². The number of imidazole rings is 1. The molecule has 1 aromatic heterocycles. The van der Waals surface area contributed by atoms with Crippen LogP contribution in [0, 0.1) is 0 Å². The van der Waals surface area contributed by atoms with Crippen LogP contribution in [0.15, 0.2) is 30.6 Å². The van der Waals surface area contributed by atoms with E-state index in [1.165, 1.54) is 0 Å². The third-order valence-electron chi connectivity index (χ3n) is 3.35. The minimum atomic E-state index is -0.181. The topological polar surface area (TPSA) is 62.3 Å². The second kappa shape index (κ2) is 6.43. The molecule has 0 fully saturated rings. The summed E-state index contributed by atoms with van der Waals surface area (Å²) in [6.45, 7) is 2.74. The average molecular weight is 275 g/mol. The Morgan fingerprint density at radius 3 is 2.75 bits per heavy atom. The minimum absolute atomic E-state index is 0.181. The fourth-order valence-electron chi connectivity index (χ4n) is 2.26. The van der Waals surface area contributed by atoms with E-state index >= 15 is 0 Å². The van der Waals surface area contributed by atoms with Crippen LogP contribution in [-0.4, -0.2) is 23.8 Å². The highest BCUT2D eigenvalue weighted by Gasteiger charge is 2.15. The summed E-state index contributed by atoms with van der Waals surface area (Å²) < 4.78 is 12.7. The molecule has 1 atom stereocenters. The van der Waals surface area contributed by atoms with Gasteiger partial charge >= 0.3 is 0 Å². The fourth-order valence-corrected chi connectivity index (χ4v) is 2.26. The highest BCUT2D eigenvalue weighted by molar-refractivity contribution is 5.42. The molecule has 2 N–H and O–H groups in total. The number of nitrogens with zero attached hydrogens (tertiary/aromatic N) is 2. The molecule has 0 radical (unpaired) electrons. The van der Waals surface area contributed by atoms with E-state index in [9.17, 15) is 0 Å². The molecule has 108 valence electrons. The molecule has 0 aliphatic rings. The molecule has 0 aliphatic heterocycles.